The van der Waals surface area contributed by atoms with Gasteiger partial charge in [0, 0.05) is 36.0 Å². The monoisotopic (exact) mass is 370 g/mol. The maximum atomic E-state index is 13.9. The quantitative estimate of drug-likeness (QED) is 0.513. The number of rotatable bonds is 8. The predicted molar refractivity (Wildman–Crippen MR) is 107 cm³/mol. The first-order valence-corrected chi connectivity index (χ1v) is 10.3. The van der Waals surface area contributed by atoms with Crippen molar-refractivity contribution in [3.8, 4) is 11.4 Å². The molecule has 1 saturated carbocycles. The number of benzene rings is 1. The normalized spacial score (nSPS) is 20.0. The van der Waals surface area contributed by atoms with Gasteiger partial charge in [0.05, 0.1) is 6.61 Å². The minimum atomic E-state index is -0.252. The third-order valence-electron chi connectivity index (χ3n) is 5.76. The molecule has 1 heterocycles. The third-order valence-corrected chi connectivity index (χ3v) is 5.76. The van der Waals surface area contributed by atoms with Gasteiger partial charge in [0.2, 0.25) is 0 Å². The molecule has 27 heavy (non-hydrogen) atoms. The Morgan fingerprint density at radius 3 is 2.67 bits per heavy atom. The number of aromatic nitrogens is 2. The van der Waals surface area contributed by atoms with E-state index < -0.39 is 0 Å². The molecule has 0 bridgehead atoms. The van der Waals surface area contributed by atoms with E-state index in [1.165, 1.54) is 57.4 Å². The highest BCUT2D eigenvalue weighted by Crippen LogP contribution is 2.37. The maximum Gasteiger partial charge on any atom is 0.159 e. The average molecular weight is 371 g/mol. The highest BCUT2D eigenvalue weighted by atomic mass is 19.1. The molecule has 0 saturated heterocycles. The Bertz CT molecular complexity index is 726. The zero-order valence-electron chi connectivity index (χ0n) is 16.6. The summed E-state index contributed by atoms with van der Waals surface area (Å²) in [6, 6.07) is 7.06. The molecule has 146 valence electrons. The van der Waals surface area contributed by atoms with Crippen LogP contribution in [0.25, 0.3) is 11.4 Å². The molecule has 3 rings (SSSR count). The van der Waals surface area contributed by atoms with Gasteiger partial charge in [-0.15, -0.1) is 0 Å². The van der Waals surface area contributed by atoms with Gasteiger partial charge in [-0.1, -0.05) is 32.6 Å². The van der Waals surface area contributed by atoms with Gasteiger partial charge in [-0.3, -0.25) is 0 Å². The van der Waals surface area contributed by atoms with Gasteiger partial charge in [-0.25, -0.2) is 14.4 Å². The van der Waals surface area contributed by atoms with Crippen LogP contribution in [0, 0.1) is 11.7 Å². The van der Waals surface area contributed by atoms with Crippen LogP contribution in [-0.4, -0.2) is 17.1 Å². The van der Waals surface area contributed by atoms with Gasteiger partial charge in [0.1, 0.15) is 5.82 Å². The van der Waals surface area contributed by atoms with E-state index >= 15 is 0 Å². The van der Waals surface area contributed by atoms with Crippen molar-refractivity contribution in [2.45, 2.75) is 70.8 Å². The Kier molecular flexibility index (Phi) is 7.33. The summed E-state index contributed by atoms with van der Waals surface area (Å²) in [4.78, 5) is 9.25. The lowest BCUT2D eigenvalue weighted by Gasteiger charge is -2.28. The van der Waals surface area contributed by atoms with Crippen LogP contribution >= 0.6 is 0 Å². The molecule has 0 unspecified atom stereocenters. The number of methoxy groups -OCH3 is 1. The van der Waals surface area contributed by atoms with Gasteiger partial charge < -0.3 is 4.74 Å². The van der Waals surface area contributed by atoms with E-state index in [9.17, 15) is 4.39 Å². The summed E-state index contributed by atoms with van der Waals surface area (Å²) in [6.45, 7) is 2.52. The molecular formula is C23H31FN2O. The second-order valence-corrected chi connectivity index (χ2v) is 7.76. The number of hydrogen-bond donors (Lipinski definition) is 0. The summed E-state index contributed by atoms with van der Waals surface area (Å²) in [5.74, 6) is 1.84. The summed E-state index contributed by atoms with van der Waals surface area (Å²) < 4.78 is 19.0. The van der Waals surface area contributed by atoms with Gasteiger partial charge >= 0.3 is 0 Å². The SMILES string of the molecule is CCCCC[C@H]1CC[C@H](c2ccnc(-c3ccc(F)c(COC)c3)n2)CC1. The fourth-order valence-corrected chi connectivity index (χ4v) is 4.15. The number of halogens is 1. The Hall–Kier alpha value is -1.81. The van der Waals surface area contributed by atoms with E-state index in [4.69, 9.17) is 9.72 Å². The van der Waals surface area contributed by atoms with Gasteiger partial charge in [0.15, 0.2) is 5.82 Å². The topological polar surface area (TPSA) is 35.0 Å². The highest BCUT2D eigenvalue weighted by Gasteiger charge is 2.23. The molecule has 0 aliphatic heterocycles. The second-order valence-electron chi connectivity index (χ2n) is 7.76. The molecule has 0 atom stereocenters. The van der Waals surface area contributed by atoms with Gasteiger partial charge in [-0.05, 0) is 55.9 Å². The van der Waals surface area contributed by atoms with Crippen LogP contribution in [0.1, 0.15) is 75.5 Å². The first-order valence-electron chi connectivity index (χ1n) is 10.3. The number of hydrogen-bond acceptors (Lipinski definition) is 3. The number of ether oxygens (including phenoxy) is 1. The molecule has 0 spiro atoms. The van der Waals surface area contributed by atoms with E-state index in [-0.39, 0.29) is 12.4 Å². The Morgan fingerprint density at radius 2 is 1.93 bits per heavy atom. The average Bonchev–Trinajstić information content (AvgIpc) is 2.71. The lowest BCUT2D eigenvalue weighted by molar-refractivity contribution is 0.181. The van der Waals surface area contributed by atoms with E-state index in [2.05, 4.69) is 11.9 Å². The van der Waals surface area contributed by atoms with Crippen molar-refractivity contribution >= 4 is 0 Å². The van der Waals surface area contributed by atoms with Crippen molar-refractivity contribution < 1.29 is 9.13 Å². The lowest BCUT2D eigenvalue weighted by Crippen LogP contribution is -2.14. The molecule has 1 aromatic carbocycles. The molecule has 1 fully saturated rings. The molecule has 1 aliphatic carbocycles. The Morgan fingerprint density at radius 1 is 1.11 bits per heavy atom. The van der Waals surface area contributed by atoms with Crippen molar-refractivity contribution in [1.82, 2.24) is 9.97 Å². The predicted octanol–water partition coefficient (Wildman–Crippen LogP) is 6.28. The largest absolute Gasteiger partial charge is 0.380 e. The van der Waals surface area contributed by atoms with Crippen molar-refractivity contribution in [1.29, 1.82) is 0 Å². The van der Waals surface area contributed by atoms with E-state index in [1.54, 1.807) is 19.2 Å². The van der Waals surface area contributed by atoms with E-state index in [1.807, 2.05) is 12.3 Å². The van der Waals surface area contributed by atoms with Crippen LogP contribution in [0.5, 0.6) is 0 Å². The fraction of sp³-hybridized carbons (Fsp3) is 0.565. The van der Waals surface area contributed by atoms with Crippen LogP contribution in [0.2, 0.25) is 0 Å². The Balaban J connectivity index is 1.67. The molecule has 0 amide bonds. The summed E-state index contributed by atoms with van der Waals surface area (Å²) >= 11 is 0. The molecule has 1 aromatic heterocycles. The molecular weight excluding hydrogens is 339 g/mol. The molecule has 0 N–H and O–H groups in total. The minimum Gasteiger partial charge on any atom is -0.380 e. The molecule has 2 aromatic rings. The molecule has 1 aliphatic rings. The first-order chi connectivity index (χ1) is 13.2. The number of unbranched alkanes of at least 4 members (excludes halogenated alkanes) is 2. The third kappa shape index (κ3) is 5.35. The van der Waals surface area contributed by atoms with Crippen molar-refractivity contribution in [2.24, 2.45) is 5.92 Å². The van der Waals surface area contributed by atoms with Crippen LogP contribution < -0.4 is 0 Å². The maximum absolute atomic E-state index is 13.9. The number of nitrogens with zero attached hydrogens (tertiary/aromatic N) is 2. The summed E-state index contributed by atoms with van der Waals surface area (Å²) in [5, 5.41) is 0. The summed E-state index contributed by atoms with van der Waals surface area (Å²) in [7, 11) is 1.57. The minimum absolute atomic E-state index is 0.251. The first kappa shape index (κ1) is 19.9. The molecule has 4 heteroatoms. The zero-order chi connectivity index (χ0) is 19.1. The fourth-order valence-electron chi connectivity index (χ4n) is 4.15. The van der Waals surface area contributed by atoms with Crippen LogP contribution in [0.3, 0.4) is 0 Å². The van der Waals surface area contributed by atoms with Crippen molar-refractivity contribution in [3.63, 3.8) is 0 Å². The van der Waals surface area contributed by atoms with E-state index in [0.29, 0.717) is 17.3 Å². The van der Waals surface area contributed by atoms with E-state index in [0.717, 1.165) is 17.2 Å². The van der Waals surface area contributed by atoms with Gasteiger partial charge in [-0.2, -0.15) is 0 Å². The van der Waals surface area contributed by atoms with Crippen molar-refractivity contribution in [2.75, 3.05) is 7.11 Å². The van der Waals surface area contributed by atoms with Crippen LogP contribution in [-0.2, 0) is 11.3 Å². The second kappa shape index (κ2) is 9.93. The summed E-state index contributed by atoms with van der Waals surface area (Å²) in [6.07, 6.45) is 12.3. The van der Waals surface area contributed by atoms with Crippen LogP contribution in [0.15, 0.2) is 30.5 Å². The Labute approximate surface area is 162 Å². The lowest BCUT2D eigenvalue weighted by atomic mass is 9.78. The smallest absolute Gasteiger partial charge is 0.159 e. The summed E-state index contributed by atoms with van der Waals surface area (Å²) in [5.41, 5.74) is 2.51. The van der Waals surface area contributed by atoms with Crippen LogP contribution in [0.4, 0.5) is 4.39 Å². The van der Waals surface area contributed by atoms with Crippen molar-refractivity contribution in [3.05, 3.63) is 47.5 Å². The molecule has 0 radical (unpaired) electrons. The zero-order valence-corrected chi connectivity index (χ0v) is 16.6. The highest BCUT2D eigenvalue weighted by molar-refractivity contribution is 5.56. The molecule has 3 nitrogen and oxygen atoms in total. The standard InChI is InChI=1S/C23H31FN2O/c1-3-4-5-6-17-7-9-18(10-8-17)22-13-14-25-23(26-22)19-11-12-21(24)20(15-19)16-27-2/h11-15,17-18H,3-10,16H2,1-2H3/t17-,18-. The van der Waals surface area contributed by atoms with Gasteiger partial charge in [0.25, 0.3) is 0 Å².